The molecule has 2 atom stereocenters. The van der Waals surface area contributed by atoms with Crippen molar-refractivity contribution in [1.82, 2.24) is 20.5 Å². The molecular weight excluding hydrogens is 516 g/mol. The summed E-state index contributed by atoms with van der Waals surface area (Å²) in [5.41, 5.74) is 3.89. The molecule has 220 valence electrons. The summed E-state index contributed by atoms with van der Waals surface area (Å²) in [6.07, 6.45) is 6.74. The highest BCUT2D eigenvalue weighted by atomic mass is 16.5. The van der Waals surface area contributed by atoms with Gasteiger partial charge in [0.1, 0.15) is 5.75 Å². The third-order valence-electron chi connectivity index (χ3n) is 8.09. The maximum absolute atomic E-state index is 13.4. The quantitative estimate of drug-likeness (QED) is 0.231. The number of methoxy groups -OCH3 is 1. The van der Waals surface area contributed by atoms with Crippen molar-refractivity contribution in [3.63, 3.8) is 0 Å². The molecule has 1 fully saturated rings. The molecule has 3 aromatic rings. The Morgan fingerprint density at radius 2 is 1.78 bits per heavy atom. The number of ether oxygens (including phenoxy) is 1. The van der Waals surface area contributed by atoms with Crippen molar-refractivity contribution in [2.45, 2.75) is 83.7 Å². The number of nitrogens with one attached hydrogen (secondary N) is 3. The van der Waals surface area contributed by atoms with Gasteiger partial charge in [-0.2, -0.15) is 0 Å². The second-order valence-electron chi connectivity index (χ2n) is 11.1. The summed E-state index contributed by atoms with van der Waals surface area (Å²) in [5, 5.41) is 6.45. The highest BCUT2D eigenvalue weighted by molar-refractivity contribution is 5.99. The number of rotatable bonds is 14. The van der Waals surface area contributed by atoms with E-state index in [0.29, 0.717) is 25.3 Å². The van der Waals surface area contributed by atoms with Crippen molar-refractivity contribution < 1.29 is 19.1 Å². The molecule has 4 rings (SSSR count). The summed E-state index contributed by atoms with van der Waals surface area (Å²) < 4.78 is 5.38. The lowest BCUT2D eigenvalue weighted by Crippen LogP contribution is -2.57. The van der Waals surface area contributed by atoms with Crippen LogP contribution in [-0.4, -0.2) is 54.0 Å². The van der Waals surface area contributed by atoms with E-state index in [2.05, 4.69) is 34.7 Å². The van der Waals surface area contributed by atoms with Gasteiger partial charge in [0, 0.05) is 36.1 Å². The van der Waals surface area contributed by atoms with Gasteiger partial charge in [-0.1, -0.05) is 69.4 Å². The summed E-state index contributed by atoms with van der Waals surface area (Å²) in [7, 11) is 1.61. The molecule has 41 heavy (non-hydrogen) atoms. The van der Waals surface area contributed by atoms with Gasteiger partial charge < -0.3 is 15.0 Å². The van der Waals surface area contributed by atoms with Crippen LogP contribution in [0, 0.1) is 6.92 Å². The summed E-state index contributed by atoms with van der Waals surface area (Å²) in [5.74, 6) is -0.0687. The van der Waals surface area contributed by atoms with E-state index in [1.165, 1.54) is 24.8 Å². The Bertz CT molecular complexity index is 1320. The van der Waals surface area contributed by atoms with Gasteiger partial charge in [0.15, 0.2) is 6.17 Å². The fourth-order valence-corrected chi connectivity index (χ4v) is 5.76. The molecule has 8 heteroatoms. The van der Waals surface area contributed by atoms with Crippen molar-refractivity contribution in [2.24, 2.45) is 0 Å². The van der Waals surface area contributed by atoms with E-state index < -0.39 is 12.1 Å². The molecular formula is C33H44N4O4. The van der Waals surface area contributed by atoms with Crippen LogP contribution >= 0.6 is 0 Å². The van der Waals surface area contributed by atoms with Crippen LogP contribution in [0.3, 0.4) is 0 Å². The normalized spacial score (nSPS) is 16.0. The third kappa shape index (κ3) is 8.19. The number of hydrogen-bond acceptors (Lipinski definition) is 5. The van der Waals surface area contributed by atoms with Gasteiger partial charge in [-0.15, -0.1) is 0 Å². The lowest BCUT2D eigenvalue weighted by atomic mass is 9.99. The van der Waals surface area contributed by atoms with E-state index in [-0.39, 0.29) is 24.2 Å². The lowest BCUT2D eigenvalue weighted by Gasteiger charge is -2.27. The van der Waals surface area contributed by atoms with Gasteiger partial charge >= 0.3 is 0 Å². The van der Waals surface area contributed by atoms with Gasteiger partial charge in [-0.25, -0.2) is 0 Å². The fourth-order valence-electron chi connectivity index (χ4n) is 5.76. The number of nitrogens with zero attached hydrogens (tertiary/aromatic N) is 1. The number of unbranched alkanes of at least 4 members (excludes halogenated alkanes) is 5. The predicted molar refractivity (Wildman–Crippen MR) is 162 cm³/mol. The van der Waals surface area contributed by atoms with Gasteiger partial charge in [0.25, 0.3) is 5.91 Å². The standard InChI is InChI=1S/C33H44N4O4/c1-4-5-6-7-8-12-15-30(38)36-33(40)32(37-19-18-25(22-37)24-13-10-9-11-14-24)35-31(39)21-27-23(2)34-29-17-16-26(41-3)20-28(27)29/h9-11,13-14,16-17,20,25,32,34H,4-8,12,15,18-19,21-22H2,1-3H3,(H,35,39)(H,36,38,40)/t25-,32+/m1/s1. The van der Waals surface area contributed by atoms with E-state index in [1.807, 2.05) is 48.2 Å². The summed E-state index contributed by atoms with van der Waals surface area (Å²) >= 11 is 0. The van der Waals surface area contributed by atoms with Crippen LogP contribution < -0.4 is 15.4 Å². The Morgan fingerprint density at radius 1 is 1.02 bits per heavy atom. The van der Waals surface area contributed by atoms with Crippen LogP contribution in [0.5, 0.6) is 5.75 Å². The summed E-state index contributed by atoms with van der Waals surface area (Å²) in [6.45, 7) is 5.38. The number of imide groups is 1. The zero-order valence-electron chi connectivity index (χ0n) is 24.6. The Morgan fingerprint density at radius 3 is 2.54 bits per heavy atom. The average molecular weight is 561 g/mol. The number of aromatic amines is 1. The molecule has 0 bridgehead atoms. The molecule has 1 aliphatic heterocycles. The first-order chi connectivity index (χ1) is 19.9. The molecule has 8 nitrogen and oxygen atoms in total. The number of likely N-dealkylation sites (tertiary alicyclic amines) is 1. The summed E-state index contributed by atoms with van der Waals surface area (Å²) in [4.78, 5) is 44.8. The maximum atomic E-state index is 13.4. The van der Waals surface area contributed by atoms with Crippen LogP contribution in [0.4, 0.5) is 0 Å². The minimum Gasteiger partial charge on any atom is -0.497 e. The number of hydrogen-bond donors (Lipinski definition) is 3. The number of benzene rings is 2. The third-order valence-corrected chi connectivity index (χ3v) is 8.09. The van der Waals surface area contributed by atoms with E-state index in [9.17, 15) is 14.4 Å². The van der Waals surface area contributed by atoms with E-state index in [1.54, 1.807) is 7.11 Å². The van der Waals surface area contributed by atoms with Crippen molar-refractivity contribution in [1.29, 1.82) is 0 Å². The second kappa shape index (κ2) is 14.8. The first-order valence-corrected chi connectivity index (χ1v) is 15.0. The number of H-pyrrole nitrogens is 1. The van der Waals surface area contributed by atoms with Gasteiger partial charge in [0.2, 0.25) is 11.8 Å². The topological polar surface area (TPSA) is 104 Å². The molecule has 1 aromatic heterocycles. The number of carbonyl (C=O) groups excluding carboxylic acids is 3. The first kappa shape index (κ1) is 30.3. The molecule has 1 aliphatic rings. The Labute approximate surface area is 243 Å². The smallest absolute Gasteiger partial charge is 0.264 e. The number of aryl methyl sites for hydroxylation is 1. The van der Waals surface area contributed by atoms with Gasteiger partial charge in [-0.05, 0) is 55.0 Å². The van der Waals surface area contributed by atoms with Crippen molar-refractivity contribution in [2.75, 3.05) is 20.2 Å². The minimum atomic E-state index is -0.926. The number of aromatic nitrogens is 1. The summed E-state index contributed by atoms with van der Waals surface area (Å²) in [6, 6.07) is 15.9. The Hall–Kier alpha value is -3.65. The first-order valence-electron chi connectivity index (χ1n) is 15.0. The number of carbonyl (C=O) groups is 3. The molecule has 0 saturated carbocycles. The Balaban J connectivity index is 1.44. The predicted octanol–water partition coefficient (Wildman–Crippen LogP) is 5.35. The van der Waals surface area contributed by atoms with Crippen molar-refractivity contribution in [3.05, 3.63) is 65.4 Å². The van der Waals surface area contributed by atoms with Crippen LogP contribution in [-0.2, 0) is 20.8 Å². The minimum absolute atomic E-state index is 0.102. The Kier molecular flexibility index (Phi) is 11.0. The largest absolute Gasteiger partial charge is 0.497 e. The monoisotopic (exact) mass is 560 g/mol. The highest BCUT2D eigenvalue weighted by Gasteiger charge is 2.35. The van der Waals surface area contributed by atoms with Gasteiger partial charge in [0.05, 0.1) is 13.5 Å². The van der Waals surface area contributed by atoms with Crippen LogP contribution in [0.15, 0.2) is 48.5 Å². The molecule has 0 radical (unpaired) electrons. The molecule has 0 spiro atoms. The number of fused-ring (bicyclic) bond motifs is 1. The van der Waals surface area contributed by atoms with Crippen LogP contribution in [0.1, 0.15) is 81.0 Å². The SMILES string of the molecule is CCCCCCCCC(=O)NC(=O)[C@@H](NC(=O)Cc1c(C)[nH]c2ccc(OC)cc12)N1CC[C@@H](c2ccccc2)C1. The van der Waals surface area contributed by atoms with Crippen molar-refractivity contribution in [3.8, 4) is 5.75 Å². The maximum Gasteiger partial charge on any atom is 0.264 e. The lowest BCUT2D eigenvalue weighted by molar-refractivity contribution is -0.137. The second-order valence-corrected chi connectivity index (χ2v) is 11.1. The average Bonchev–Trinajstić information content (AvgIpc) is 3.58. The zero-order valence-corrected chi connectivity index (χ0v) is 24.6. The number of amides is 3. The molecule has 0 unspecified atom stereocenters. The van der Waals surface area contributed by atoms with E-state index in [4.69, 9.17) is 4.74 Å². The molecule has 2 aromatic carbocycles. The zero-order chi connectivity index (χ0) is 29.2. The van der Waals surface area contributed by atoms with Crippen LogP contribution in [0.2, 0.25) is 0 Å². The van der Waals surface area contributed by atoms with Gasteiger partial charge in [-0.3, -0.25) is 24.6 Å². The fraction of sp³-hybridized carbons (Fsp3) is 0.485. The molecule has 2 heterocycles. The van der Waals surface area contributed by atoms with Crippen molar-refractivity contribution >= 4 is 28.6 Å². The van der Waals surface area contributed by atoms with E-state index >= 15 is 0 Å². The molecule has 3 N–H and O–H groups in total. The van der Waals surface area contributed by atoms with Crippen LogP contribution in [0.25, 0.3) is 10.9 Å². The van der Waals surface area contributed by atoms with E-state index in [0.717, 1.165) is 47.8 Å². The molecule has 0 aliphatic carbocycles. The molecule has 1 saturated heterocycles. The highest BCUT2D eigenvalue weighted by Crippen LogP contribution is 2.29. The molecule has 3 amide bonds.